The molecule has 0 radical (unpaired) electrons. The van der Waals surface area contributed by atoms with E-state index in [2.05, 4.69) is 31.2 Å². The van der Waals surface area contributed by atoms with Gasteiger partial charge in [-0.1, -0.05) is 0 Å². The molecule has 2 bridgehead atoms. The molecule has 2 amide bonds. The Bertz CT molecular complexity index is 1810. The highest BCUT2D eigenvalue weighted by molar-refractivity contribution is 5.98. The summed E-state index contributed by atoms with van der Waals surface area (Å²) in [5.74, 6) is -0.798. The number of hydrogen-bond acceptors (Lipinski definition) is 6. The zero-order valence-electron chi connectivity index (χ0n) is 26.5. The van der Waals surface area contributed by atoms with Crippen LogP contribution in [0.3, 0.4) is 0 Å². The number of carbonyl (C=O) groups is 2. The second kappa shape index (κ2) is 12.0. The lowest BCUT2D eigenvalue weighted by molar-refractivity contribution is -0.143. The number of rotatable bonds is 4. The first-order valence-electron chi connectivity index (χ1n) is 16.4. The number of imidazole rings is 1. The van der Waals surface area contributed by atoms with Crippen molar-refractivity contribution in [2.75, 3.05) is 19.7 Å². The van der Waals surface area contributed by atoms with Crippen molar-refractivity contribution in [2.24, 2.45) is 0 Å². The van der Waals surface area contributed by atoms with E-state index in [9.17, 15) is 14.0 Å². The summed E-state index contributed by atoms with van der Waals surface area (Å²) >= 11 is 0. The van der Waals surface area contributed by atoms with E-state index in [0.29, 0.717) is 49.5 Å². The van der Waals surface area contributed by atoms with E-state index in [4.69, 9.17) is 14.7 Å². The minimum Gasteiger partial charge on any atom is -0.366 e. The van der Waals surface area contributed by atoms with Crippen molar-refractivity contribution in [3.05, 3.63) is 47.4 Å². The molecule has 244 valence electrons. The third-order valence-corrected chi connectivity index (χ3v) is 9.47. The van der Waals surface area contributed by atoms with Crippen molar-refractivity contribution < 1.29 is 23.1 Å². The third-order valence-electron chi connectivity index (χ3n) is 9.47. The molecule has 5 heterocycles. The first-order chi connectivity index (χ1) is 22.1. The van der Waals surface area contributed by atoms with Crippen LogP contribution in [0, 0.1) is 5.82 Å². The molecule has 2 fully saturated rings. The van der Waals surface area contributed by atoms with Gasteiger partial charge in [-0.25, -0.2) is 18.7 Å². The van der Waals surface area contributed by atoms with Gasteiger partial charge in [0.15, 0.2) is 5.82 Å². The zero-order valence-corrected chi connectivity index (χ0v) is 26.5. The van der Waals surface area contributed by atoms with Crippen molar-refractivity contribution >= 4 is 33.9 Å². The summed E-state index contributed by atoms with van der Waals surface area (Å²) in [6.45, 7) is 7.50. The van der Waals surface area contributed by atoms with Gasteiger partial charge in [-0.2, -0.15) is 0 Å². The number of ether oxygens (including phenoxy) is 1. The highest BCUT2D eigenvalue weighted by Gasteiger charge is 2.33. The van der Waals surface area contributed by atoms with Crippen LogP contribution in [-0.2, 0) is 16.1 Å². The number of hydrogen-bond donors (Lipinski definition) is 3. The summed E-state index contributed by atoms with van der Waals surface area (Å²) in [7, 11) is 0. The molecule has 10 nitrogen and oxygen atoms in total. The second-order valence-corrected chi connectivity index (χ2v) is 13.4. The molecule has 3 atom stereocenters. The van der Waals surface area contributed by atoms with Crippen LogP contribution in [0.4, 0.5) is 8.78 Å². The van der Waals surface area contributed by atoms with Crippen molar-refractivity contribution in [3.8, 4) is 11.5 Å². The molecular weight excluding hydrogens is 592 g/mol. The Balaban J connectivity index is 1.30. The molecule has 0 spiro atoms. The van der Waals surface area contributed by atoms with Crippen molar-refractivity contribution in [3.63, 3.8) is 0 Å². The normalized spacial score (nSPS) is 24.2. The molecular formula is C34H41F2N7O3. The topological polar surface area (TPSA) is 115 Å². The van der Waals surface area contributed by atoms with Gasteiger partial charge in [0.1, 0.15) is 23.2 Å². The maximum Gasteiger partial charge on any atom is 0.254 e. The summed E-state index contributed by atoms with van der Waals surface area (Å²) in [4.78, 5) is 36.2. The predicted molar refractivity (Wildman–Crippen MR) is 171 cm³/mol. The minimum absolute atomic E-state index is 0.146. The van der Waals surface area contributed by atoms with Crippen LogP contribution >= 0.6 is 0 Å². The number of carbonyl (C=O) groups excluding carboxylic acids is 2. The number of halogens is 2. The summed E-state index contributed by atoms with van der Waals surface area (Å²) < 4.78 is 40.2. The largest absolute Gasteiger partial charge is 0.366 e. The SMILES string of the molecule is C[C@H]1NC(=O)C(C)(C)OCCCCCn2c(-c3nc4cc(C(=O)N[C@H]5CNCC[C@@H]5F)c(F)cc4n3C3CC3)cc3ccc1nc32. The first-order valence-corrected chi connectivity index (χ1v) is 16.4. The summed E-state index contributed by atoms with van der Waals surface area (Å²) in [6.07, 6.45) is 3.58. The molecule has 3 aromatic heterocycles. The average Bonchev–Trinajstić information content (AvgIpc) is 3.70. The van der Waals surface area contributed by atoms with Crippen molar-refractivity contribution in [1.82, 2.24) is 35.1 Å². The smallest absolute Gasteiger partial charge is 0.254 e. The molecule has 1 saturated heterocycles. The van der Waals surface area contributed by atoms with E-state index in [-0.39, 0.29) is 23.6 Å². The molecule has 3 N–H and O–H groups in total. The van der Waals surface area contributed by atoms with E-state index < -0.39 is 29.5 Å². The number of nitrogens with one attached hydrogen (secondary N) is 3. The molecule has 46 heavy (non-hydrogen) atoms. The molecule has 4 aromatic rings. The predicted octanol–water partition coefficient (Wildman–Crippen LogP) is 5.11. The molecule has 2 aliphatic heterocycles. The maximum absolute atomic E-state index is 15.6. The van der Waals surface area contributed by atoms with E-state index in [1.807, 2.05) is 19.1 Å². The number of piperidine rings is 1. The van der Waals surface area contributed by atoms with E-state index >= 15 is 4.39 Å². The second-order valence-electron chi connectivity index (χ2n) is 13.4. The van der Waals surface area contributed by atoms with Crippen LogP contribution in [0.5, 0.6) is 0 Å². The average molecular weight is 634 g/mol. The van der Waals surface area contributed by atoms with Crippen molar-refractivity contribution in [1.29, 1.82) is 0 Å². The number of nitrogens with zero attached hydrogens (tertiary/aromatic N) is 4. The molecule has 0 unspecified atom stereocenters. The summed E-state index contributed by atoms with van der Waals surface area (Å²) in [5, 5.41) is 9.75. The quantitative estimate of drug-likeness (QED) is 0.288. The maximum atomic E-state index is 15.6. The van der Waals surface area contributed by atoms with Gasteiger partial charge in [0.05, 0.1) is 40.1 Å². The number of benzene rings is 1. The Hall–Kier alpha value is -3.90. The van der Waals surface area contributed by atoms with Crippen LogP contribution in [0.25, 0.3) is 33.6 Å². The number of aromatic nitrogens is 4. The Labute approximate surface area is 266 Å². The fourth-order valence-electron chi connectivity index (χ4n) is 6.57. The van der Waals surface area contributed by atoms with E-state index in [1.165, 1.54) is 12.1 Å². The van der Waals surface area contributed by atoms with Gasteiger partial charge in [-0.15, -0.1) is 0 Å². The highest BCUT2D eigenvalue weighted by atomic mass is 19.1. The number of amides is 2. The van der Waals surface area contributed by atoms with Crippen LogP contribution in [0.15, 0.2) is 30.3 Å². The number of alkyl halides is 1. The first kappa shape index (κ1) is 30.7. The molecule has 3 aliphatic rings. The molecule has 1 aromatic carbocycles. The Kier molecular flexibility index (Phi) is 8.04. The number of pyridine rings is 1. The summed E-state index contributed by atoms with van der Waals surface area (Å²) in [5.41, 5.74) is 2.44. The van der Waals surface area contributed by atoms with Gasteiger partial charge in [0.2, 0.25) is 0 Å². The Morgan fingerprint density at radius 3 is 2.72 bits per heavy atom. The van der Waals surface area contributed by atoms with Gasteiger partial charge >= 0.3 is 0 Å². The monoisotopic (exact) mass is 633 g/mol. The molecule has 1 aliphatic carbocycles. The summed E-state index contributed by atoms with van der Waals surface area (Å²) in [6, 6.07) is 8.00. The number of fused-ring (bicyclic) bond motifs is 2. The third kappa shape index (κ3) is 5.77. The zero-order chi connectivity index (χ0) is 32.2. The lowest BCUT2D eigenvalue weighted by atomic mass is 10.0. The fraction of sp³-hybridized carbons (Fsp3) is 0.529. The van der Waals surface area contributed by atoms with Gasteiger partial charge in [-0.3, -0.25) is 9.59 Å². The fourth-order valence-corrected chi connectivity index (χ4v) is 6.57. The molecule has 12 heteroatoms. The van der Waals surface area contributed by atoms with Gasteiger partial charge < -0.3 is 29.8 Å². The molecule has 1 saturated carbocycles. The van der Waals surface area contributed by atoms with Crippen molar-refractivity contribution in [2.45, 2.75) is 95.7 Å². The van der Waals surface area contributed by atoms with E-state index in [0.717, 1.165) is 54.5 Å². The van der Waals surface area contributed by atoms with Crippen LogP contribution in [-0.4, -0.2) is 68.4 Å². The van der Waals surface area contributed by atoms with Gasteiger partial charge in [0, 0.05) is 37.2 Å². The lowest BCUT2D eigenvalue weighted by Gasteiger charge is -2.27. The standard InChI is InChI=1S/C34H41F2N7O3/c1-19-25-10-7-20-15-29(42(30(20)39-25)13-5-4-6-14-46-34(2,3)33(45)38-19)31-40-26-16-22(24(36)17-28(26)43(31)21-8-9-21)32(44)41-27-18-37-12-11-23(27)35/h7,10,15-17,19,21,23,27,37H,4-6,8-9,11-14,18H2,1-3H3,(H,38,45)(H,41,44)/t19-,23+,27+/m1/s1. The molecule has 7 rings (SSSR count). The Morgan fingerprint density at radius 2 is 1.93 bits per heavy atom. The van der Waals surface area contributed by atoms with Crippen LogP contribution < -0.4 is 16.0 Å². The number of aryl methyl sites for hydroxylation is 1. The van der Waals surface area contributed by atoms with E-state index in [1.54, 1.807) is 13.8 Å². The van der Waals surface area contributed by atoms with Crippen LogP contribution in [0.2, 0.25) is 0 Å². The van der Waals surface area contributed by atoms with Gasteiger partial charge in [-0.05, 0) is 90.1 Å². The Morgan fingerprint density at radius 1 is 1.11 bits per heavy atom. The van der Waals surface area contributed by atoms with Crippen LogP contribution in [0.1, 0.15) is 87.4 Å². The van der Waals surface area contributed by atoms with Gasteiger partial charge in [0.25, 0.3) is 11.8 Å². The minimum atomic E-state index is -1.19. The highest BCUT2D eigenvalue weighted by Crippen LogP contribution is 2.42. The lowest BCUT2D eigenvalue weighted by Crippen LogP contribution is -2.52.